The Kier molecular flexibility index (Phi) is 3.38. The van der Waals surface area contributed by atoms with E-state index in [1.807, 2.05) is 31.5 Å². The molecule has 0 unspecified atom stereocenters. The average molecular weight is 259 g/mol. The topological polar surface area (TPSA) is 56.9 Å². The number of hydrogen-bond donors (Lipinski definition) is 0. The minimum Gasteiger partial charge on any atom is -0.351 e. The summed E-state index contributed by atoms with van der Waals surface area (Å²) in [6.45, 7) is 5.61. The molecule has 2 heterocycles. The molecule has 0 saturated carbocycles. The highest BCUT2D eigenvalue weighted by atomic mass is 16.1. The van der Waals surface area contributed by atoms with Gasteiger partial charge in [-0.2, -0.15) is 5.10 Å². The molecule has 19 heavy (non-hydrogen) atoms. The fourth-order valence-corrected chi connectivity index (χ4v) is 2.00. The quantitative estimate of drug-likeness (QED) is 0.783. The Balaban J connectivity index is 2.31. The van der Waals surface area contributed by atoms with E-state index >= 15 is 0 Å². The van der Waals surface area contributed by atoms with Crippen LogP contribution in [0.25, 0.3) is 0 Å². The van der Waals surface area contributed by atoms with Crippen LogP contribution in [0.5, 0.6) is 0 Å². The standard InChI is InChI=1S/C14H17N3O2/c1-9-5-14(19)17(15-7-9)8-13(18)12-6-10(2)16(4)11(12)3/h5-7H,8H2,1-4H3. The number of Topliss-reactive ketones (excluding diaryl/α,β-unsaturated/α-hetero) is 1. The average Bonchev–Trinajstić information content (AvgIpc) is 2.60. The van der Waals surface area contributed by atoms with Gasteiger partial charge in [-0.15, -0.1) is 0 Å². The largest absolute Gasteiger partial charge is 0.351 e. The molecule has 0 saturated heterocycles. The lowest BCUT2D eigenvalue weighted by Crippen LogP contribution is -2.26. The molecule has 0 aromatic carbocycles. The fraction of sp³-hybridized carbons (Fsp3) is 0.357. The summed E-state index contributed by atoms with van der Waals surface area (Å²) in [6, 6.07) is 3.32. The summed E-state index contributed by atoms with van der Waals surface area (Å²) >= 11 is 0. The number of carbonyl (C=O) groups is 1. The van der Waals surface area contributed by atoms with E-state index in [-0.39, 0.29) is 17.9 Å². The highest BCUT2D eigenvalue weighted by Crippen LogP contribution is 2.14. The van der Waals surface area contributed by atoms with Crippen LogP contribution in [0.3, 0.4) is 0 Å². The summed E-state index contributed by atoms with van der Waals surface area (Å²) in [5.41, 5.74) is 3.11. The van der Waals surface area contributed by atoms with Crippen molar-refractivity contribution in [3.05, 3.63) is 51.2 Å². The molecule has 100 valence electrons. The Morgan fingerprint density at radius 2 is 1.95 bits per heavy atom. The zero-order chi connectivity index (χ0) is 14.2. The van der Waals surface area contributed by atoms with Crippen LogP contribution < -0.4 is 5.56 Å². The van der Waals surface area contributed by atoms with Gasteiger partial charge in [-0.3, -0.25) is 9.59 Å². The second-order valence-corrected chi connectivity index (χ2v) is 4.80. The van der Waals surface area contributed by atoms with Gasteiger partial charge in [0.25, 0.3) is 5.56 Å². The maximum absolute atomic E-state index is 12.2. The molecular weight excluding hydrogens is 242 g/mol. The molecule has 0 atom stereocenters. The maximum Gasteiger partial charge on any atom is 0.267 e. The van der Waals surface area contributed by atoms with Gasteiger partial charge in [-0.05, 0) is 32.4 Å². The number of nitrogens with zero attached hydrogens (tertiary/aromatic N) is 3. The SMILES string of the molecule is Cc1cnn(CC(=O)c2cc(C)n(C)c2C)c(=O)c1. The molecule has 0 aliphatic rings. The smallest absolute Gasteiger partial charge is 0.267 e. The van der Waals surface area contributed by atoms with E-state index in [2.05, 4.69) is 5.10 Å². The van der Waals surface area contributed by atoms with E-state index in [4.69, 9.17) is 0 Å². The zero-order valence-corrected chi connectivity index (χ0v) is 11.6. The van der Waals surface area contributed by atoms with Crippen LogP contribution in [0, 0.1) is 20.8 Å². The first-order valence-corrected chi connectivity index (χ1v) is 6.10. The lowest BCUT2D eigenvalue weighted by atomic mass is 10.1. The van der Waals surface area contributed by atoms with Crippen molar-refractivity contribution in [2.24, 2.45) is 7.05 Å². The number of aromatic nitrogens is 3. The molecular formula is C14H17N3O2. The first kappa shape index (κ1) is 13.3. The van der Waals surface area contributed by atoms with Crippen molar-refractivity contribution in [2.45, 2.75) is 27.3 Å². The molecule has 0 aliphatic heterocycles. The summed E-state index contributed by atoms with van der Waals surface area (Å²) < 4.78 is 3.15. The molecule has 2 rings (SSSR count). The molecule has 2 aromatic heterocycles. The van der Waals surface area contributed by atoms with Crippen molar-refractivity contribution in [3.63, 3.8) is 0 Å². The normalized spacial score (nSPS) is 10.7. The van der Waals surface area contributed by atoms with Gasteiger partial charge in [0.15, 0.2) is 5.78 Å². The first-order valence-electron chi connectivity index (χ1n) is 6.10. The second kappa shape index (κ2) is 4.84. The third-order valence-electron chi connectivity index (χ3n) is 3.38. The zero-order valence-electron chi connectivity index (χ0n) is 11.6. The van der Waals surface area contributed by atoms with Gasteiger partial charge in [0.1, 0.15) is 6.54 Å². The van der Waals surface area contributed by atoms with Gasteiger partial charge in [-0.1, -0.05) is 0 Å². The molecule has 5 nitrogen and oxygen atoms in total. The Bertz CT molecular complexity index is 695. The van der Waals surface area contributed by atoms with Gasteiger partial charge >= 0.3 is 0 Å². The molecule has 0 N–H and O–H groups in total. The van der Waals surface area contributed by atoms with Crippen LogP contribution in [-0.4, -0.2) is 20.1 Å². The van der Waals surface area contributed by atoms with E-state index < -0.39 is 0 Å². The van der Waals surface area contributed by atoms with Gasteiger partial charge in [0.05, 0.1) is 6.20 Å². The number of hydrogen-bond acceptors (Lipinski definition) is 3. The molecule has 0 aliphatic carbocycles. The van der Waals surface area contributed by atoms with E-state index in [0.717, 1.165) is 17.0 Å². The number of carbonyl (C=O) groups excluding carboxylic acids is 1. The van der Waals surface area contributed by atoms with Crippen LogP contribution in [0.15, 0.2) is 23.1 Å². The van der Waals surface area contributed by atoms with Crippen LogP contribution >= 0.6 is 0 Å². The summed E-state index contributed by atoms with van der Waals surface area (Å²) in [7, 11) is 1.91. The van der Waals surface area contributed by atoms with Crippen LogP contribution in [-0.2, 0) is 13.6 Å². The lowest BCUT2D eigenvalue weighted by molar-refractivity contribution is 0.0965. The number of rotatable bonds is 3. The Hall–Kier alpha value is -2.17. The minimum atomic E-state index is -0.251. The van der Waals surface area contributed by atoms with E-state index in [1.165, 1.54) is 10.7 Å². The van der Waals surface area contributed by atoms with Crippen molar-refractivity contribution in [1.29, 1.82) is 0 Å². The van der Waals surface area contributed by atoms with E-state index in [0.29, 0.717) is 5.56 Å². The van der Waals surface area contributed by atoms with Crippen LogP contribution in [0.4, 0.5) is 0 Å². The summed E-state index contributed by atoms with van der Waals surface area (Å²) in [6.07, 6.45) is 1.58. The lowest BCUT2D eigenvalue weighted by Gasteiger charge is -2.04. The van der Waals surface area contributed by atoms with Gasteiger partial charge in [0.2, 0.25) is 0 Å². The molecule has 2 aromatic rings. The molecule has 0 bridgehead atoms. The molecule has 0 radical (unpaired) electrons. The highest BCUT2D eigenvalue weighted by Gasteiger charge is 2.15. The van der Waals surface area contributed by atoms with Crippen molar-refractivity contribution < 1.29 is 4.79 Å². The Morgan fingerprint density at radius 3 is 2.47 bits per heavy atom. The van der Waals surface area contributed by atoms with Gasteiger partial charge in [-0.25, -0.2) is 4.68 Å². The molecule has 5 heteroatoms. The maximum atomic E-state index is 12.2. The Morgan fingerprint density at radius 1 is 1.26 bits per heavy atom. The fourth-order valence-electron chi connectivity index (χ4n) is 2.00. The highest BCUT2D eigenvalue weighted by molar-refractivity contribution is 5.97. The second-order valence-electron chi connectivity index (χ2n) is 4.80. The van der Waals surface area contributed by atoms with E-state index in [1.54, 1.807) is 13.1 Å². The third kappa shape index (κ3) is 2.50. The molecule has 0 amide bonds. The van der Waals surface area contributed by atoms with Crippen LogP contribution in [0.2, 0.25) is 0 Å². The number of aryl methyl sites for hydroxylation is 2. The first-order chi connectivity index (χ1) is 8.90. The monoisotopic (exact) mass is 259 g/mol. The van der Waals surface area contributed by atoms with Crippen molar-refractivity contribution in [3.8, 4) is 0 Å². The van der Waals surface area contributed by atoms with Gasteiger partial charge < -0.3 is 4.57 Å². The van der Waals surface area contributed by atoms with Gasteiger partial charge in [0, 0.05) is 30.1 Å². The van der Waals surface area contributed by atoms with E-state index in [9.17, 15) is 9.59 Å². The van der Waals surface area contributed by atoms with Crippen molar-refractivity contribution >= 4 is 5.78 Å². The third-order valence-corrected chi connectivity index (χ3v) is 3.38. The van der Waals surface area contributed by atoms with Crippen molar-refractivity contribution in [1.82, 2.24) is 14.3 Å². The predicted molar refractivity (Wildman–Crippen MR) is 72.5 cm³/mol. The predicted octanol–water partition coefficient (Wildman–Crippen LogP) is 1.39. The van der Waals surface area contributed by atoms with Crippen LogP contribution in [0.1, 0.15) is 27.3 Å². The summed E-state index contributed by atoms with van der Waals surface area (Å²) in [5, 5.41) is 3.98. The summed E-state index contributed by atoms with van der Waals surface area (Å²) in [5.74, 6) is -0.0975. The number of ketones is 1. The molecule has 0 spiro atoms. The van der Waals surface area contributed by atoms with Crippen molar-refractivity contribution in [2.75, 3.05) is 0 Å². The minimum absolute atomic E-state index is 0.0244. The Labute approximate surface area is 111 Å². The molecule has 0 fully saturated rings. The summed E-state index contributed by atoms with van der Waals surface area (Å²) in [4.78, 5) is 23.9.